The molecule has 0 aliphatic carbocycles. The first-order valence-electron chi connectivity index (χ1n) is 4.30. The highest BCUT2D eigenvalue weighted by Crippen LogP contribution is 2.19. The smallest absolute Gasteiger partial charge is 0.317 e. The fraction of sp³-hybridized carbons (Fsp3) is 0.667. The number of rotatable bonds is 1. The molecule has 72 valence electrons. The van der Waals surface area contributed by atoms with Gasteiger partial charge in [-0.3, -0.25) is 0 Å². The molecule has 0 aromatic rings. The molecular weight excluding hydrogens is 168 g/mol. The van der Waals surface area contributed by atoms with E-state index >= 15 is 0 Å². The number of nitrogens with one attached hydrogen (secondary N) is 1. The largest absolute Gasteiger partial charge is 0.374 e. The summed E-state index contributed by atoms with van der Waals surface area (Å²) >= 11 is 0. The summed E-state index contributed by atoms with van der Waals surface area (Å²) in [6.07, 6.45) is 0. The van der Waals surface area contributed by atoms with E-state index in [-0.39, 0.29) is 6.03 Å². The van der Waals surface area contributed by atoms with Crippen molar-refractivity contribution in [3.63, 3.8) is 0 Å². The maximum Gasteiger partial charge on any atom is 0.317 e. The highest BCUT2D eigenvalue weighted by atomic mass is 16.3. The number of likely N-dealkylation sites (tertiary alicyclic amines) is 1. The number of hydrogen-bond donors (Lipinski definition) is 2. The summed E-state index contributed by atoms with van der Waals surface area (Å²) in [6.45, 7) is 4.75. The van der Waals surface area contributed by atoms with Gasteiger partial charge in [0.15, 0.2) is 5.60 Å². The van der Waals surface area contributed by atoms with E-state index in [4.69, 9.17) is 0 Å². The van der Waals surface area contributed by atoms with Gasteiger partial charge >= 0.3 is 6.03 Å². The predicted molar refractivity (Wildman–Crippen MR) is 49.0 cm³/mol. The summed E-state index contributed by atoms with van der Waals surface area (Å²) < 4.78 is 0. The molecule has 4 heteroatoms. The van der Waals surface area contributed by atoms with Crippen molar-refractivity contribution in [1.82, 2.24) is 10.2 Å². The van der Waals surface area contributed by atoms with Crippen molar-refractivity contribution >= 4 is 6.03 Å². The summed E-state index contributed by atoms with van der Waals surface area (Å²) in [4.78, 5) is 12.7. The van der Waals surface area contributed by atoms with E-state index in [9.17, 15) is 9.90 Å². The Bertz CT molecular complexity index is 259. The Morgan fingerprint density at radius 1 is 1.69 bits per heavy atom. The summed E-state index contributed by atoms with van der Waals surface area (Å²) in [5, 5.41) is 12.3. The Hall–Kier alpha value is -1.21. The molecule has 0 unspecified atom stereocenters. The highest BCUT2D eigenvalue weighted by molar-refractivity contribution is 5.75. The fourth-order valence-electron chi connectivity index (χ4n) is 1.30. The third-order valence-electron chi connectivity index (χ3n) is 1.88. The van der Waals surface area contributed by atoms with Gasteiger partial charge in [0.05, 0.1) is 13.1 Å². The molecule has 0 spiro atoms. The molecule has 1 heterocycles. The zero-order valence-corrected chi connectivity index (χ0v) is 7.92. The van der Waals surface area contributed by atoms with Gasteiger partial charge in [0.2, 0.25) is 0 Å². The predicted octanol–water partition coefficient (Wildman–Crippen LogP) is -0.214. The molecule has 1 fully saturated rings. The van der Waals surface area contributed by atoms with Gasteiger partial charge in [0.1, 0.15) is 0 Å². The van der Waals surface area contributed by atoms with Gasteiger partial charge in [-0.25, -0.2) is 4.79 Å². The van der Waals surface area contributed by atoms with Gasteiger partial charge in [-0.1, -0.05) is 5.92 Å². The van der Waals surface area contributed by atoms with Gasteiger partial charge in [0.25, 0.3) is 0 Å². The van der Waals surface area contributed by atoms with Gasteiger partial charge in [-0.15, -0.1) is 5.92 Å². The third-order valence-corrected chi connectivity index (χ3v) is 1.88. The number of β-amino-alcohol motifs (C(OH)–C–C–N with tert-alkyl or cyclic N) is 1. The quantitative estimate of drug-likeness (QED) is 0.551. The van der Waals surface area contributed by atoms with E-state index in [1.165, 1.54) is 4.90 Å². The van der Waals surface area contributed by atoms with Gasteiger partial charge in [-0.05, 0) is 13.8 Å². The second kappa shape index (κ2) is 3.67. The zero-order valence-electron chi connectivity index (χ0n) is 7.92. The minimum Gasteiger partial charge on any atom is -0.374 e. The monoisotopic (exact) mass is 182 g/mol. The molecule has 1 aliphatic heterocycles. The number of hydrogen-bond acceptors (Lipinski definition) is 2. The average Bonchev–Trinajstić information content (AvgIpc) is 2.01. The molecule has 0 atom stereocenters. The topological polar surface area (TPSA) is 52.6 Å². The molecule has 0 aromatic carbocycles. The van der Waals surface area contributed by atoms with E-state index < -0.39 is 5.60 Å². The van der Waals surface area contributed by atoms with Crippen molar-refractivity contribution < 1.29 is 9.90 Å². The Morgan fingerprint density at radius 2 is 2.31 bits per heavy atom. The number of carbonyl (C=O) groups is 1. The molecule has 0 saturated carbocycles. The lowest BCUT2D eigenvalue weighted by atomic mass is 9.95. The van der Waals surface area contributed by atoms with Crippen LogP contribution in [0.1, 0.15) is 13.8 Å². The molecule has 0 radical (unpaired) electrons. The van der Waals surface area contributed by atoms with Crippen LogP contribution in [0.5, 0.6) is 0 Å². The molecule has 0 aromatic heterocycles. The molecule has 1 saturated heterocycles. The number of nitrogens with zero attached hydrogens (tertiary/aromatic N) is 1. The number of amides is 2. The number of urea groups is 1. The van der Waals surface area contributed by atoms with Gasteiger partial charge < -0.3 is 15.3 Å². The van der Waals surface area contributed by atoms with Crippen LogP contribution < -0.4 is 5.32 Å². The van der Waals surface area contributed by atoms with E-state index in [0.717, 1.165) is 0 Å². The van der Waals surface area contributed by atoms with Crippen LogP contribution >= 0.6 is 0 Å². The van der Waals surface area contributed by atoms with Crippen LogP contribution in [0, 0.1) is 11.8 Å². The molecule has 2 N–H and O–H groups in total. The SMILES string of the molecule is CC#CC1(O)CN(C(=O)NCC)C1. The minimum absolute atomic E-state index is 0.134. The van der Waals surface area contributed by atoms with Crippen LogP contribution in [0.3, 0.4) is 0 Å². The van der Waals surface area contributed by atoms with Crippen LogP contribution in [0.25, 0.3) is 0 Å². The molecule has 1 aliphatic rings. The van der Waals surface area contributed by atoms with Crippen molar-refractivity contribution in [3.8, 4) is 11.8 Å². The summed E-state index contributed by atoms with van der Waals surface area (Å²) in [5.41, 5.74) is -0.972. The van der Waals surface area contributed by atoms with E-state index in [1.54, 1.807) is 6.92 Å². The van der Waals surface area contributed by atoms with Crippen molar-refractivity contribution in [2.24, 2.45) is 0 Å². The Kier molecular flexibility index (Phi) is 2.79. The molecular formula is C9H14N2O2. The maximum atomic E-state index is 11.2. The molecule has 2 amide bonds. The first-order valence-corrected chi connectivity index (χ1v) is 4.30. The van der Waals surface area contributed by atoms with Gasteiger partial charge in [-0.2, -0.15) is 0 Å². The lowest BCUT2D eigenvalue weighted by molar-refractivity contribution is -0.0292. The molecule has 13 heavy (non-hydrogen) atoms. The van der Waals surface area contributed by atoms with Crippen LogP contribution in [0.4, 0.5) is 4.79 Å². The Labute approximate surface area is 77.9 Å². The highest BCUT2D eigenvalue weighted by Gasteiger charge is 2.42. The van der Waals surface area contributed by atoms with Crippen LogP contribution in [0.15, 0.2) is 0 Å². The maximum absolute atomic E-state index is 11.2. The summed E-state index contributed by atoms with van der Waals surface area (Å²) in [6, 6.07) is -0.134. The van der Waals surface area contributed by atoms with Crippen molar-refractivity contribution in [2.45, 2.75) is 19.4 Å². The fourth-order valence-corrected chi connectivity index (χ4v) is 1.30. The van der Waals surface area contributed by atoms with E-state index in [1.807, 2.05) is 6.92 Å². The van der Waals surface area contributed by atoms with Crippen molar-refractivity contribution in [3.05, 3.63) is 0 Å². The second-order valence-corrected chi connectivity index (χ2v) is 3.10. The third kappa shape index (κ3) is 2.13. The summed E-state index contributed by atoms with van der Waals surface area (Å²) in [7, 11) is 0. The zero-order chi connectivity index (χ0) is 9.90. The number of carbonyl (C=O) groups excluding carboxylic acids is 1. The first kappa shape index (κ1) is 9.87. The average molecular weight is 182 g/mol. The van der Waals surface area contributed by atoms with Crippen LogP contribution in [0.2, 0.25) is 0 Å². The lowest BCUT2D eigenvalue weighted by Crippen LogP contribution is -2.64. The normalized spacial score (nSPS) is 18.2. The Morgan fingerprint density at radius 3 is 2.77 bits per heavy atom. The van der Waals surface area contributed by atoms with Crippen molar-refractivity contribution in [2.75, 3.05) is 19.6 Å². The van der Waals surface area contributed by atoms with E-state index in [2.05, 4.69) is 17.2 Å². The molecule has 1 rings (SSSR count). The number of aliphatic hydroxyl groups is 1. The van der Waals surface area contributed by atoms with E-state index in [0.29, 0.717) is 19.6 Å². The molecule has 4 nitrogen and oxygen atoms in total. The Balaban J connectivity index is 2.39. The van der Waals surface area contributed by atoms with Crippen LogP contribution in [-0.4, -0.2) is 41.3 Å². The van der Waals surface area contributed by atoms with Crippen LogP contribution in [-0.2, 0) is 0 Å². The standard InChI is InChI=1S/C9H14N2O2/c1-3-5-9(13)6-11(7-9)8(12)10-4-2/h13H,4,6-7H2,1-2H3,(H,10,12). The van der Waals surface area contributed by atoms with Gasteiger partial charge in [0, 0.05) is 6.54 Å². The lowest BCUT2D eigenvalue weighted by Gasteiger charge is -2.42. The first-order chi connectivity index (χ1) is 6.11. The van der Waals surface area contributed by atoms with Crippen molar-refractivity contribution in [1.29, 1.82) is 0 Å². The molecule has 0 bridgehead atoms. The minimum atomic E-state index is -0.972. The second-order valence-electron chi connectivity index (χ2n) is 3.10. The summed E-state index contributed by atoms with van der Waals surface area (Å²) in [5.74, 6) is 5.31.